The fraction of sp³-hybridized carbons (Fsp3) is 0.889. The third-order valence-electron chi connectivity index (χ3n) is 8.70. The Balaban J connectivity index is 2.26. The van der Waals surface area contributed by atoms with Gasteiger partial charge in [-0.05, 0) is 42.7 Å². The average molecular weight is 497 g/mol. The SMILES string of the molecule is CCCCCC(/C=C/C1C(O[Si](C)(C)C(C)(C)C)CC2OC(=O)CC21)O[Si](C)(C)C(C)(C)C. The molecule has 0 aromatic heterocycles. The van der Waals surface area contributed by atoms with E-state index in [1.165, 1.54) is 19.3 Å². The molecular formula is C27H52O4Si2. The second-order valence-electron chi connectivity index (χ2n) is 13.4. The molecule has 5 unspecified atom stereocenters. The monoisotopic (exact) mass is 496 g/mol. The van der Waals surface area contributed by atoms with E-state index in [1.54, 1.807) is 0 Å². The third kappa shape index (κ3) is 7.28. The fourth-order valence-electron chi connectivity index (χ4n) is 4.44. The summed E-state index contributed by atoms with van der Waals surface area (Å²) in [7, 11) is -3.80. The maximum Gasteiger partial charge on any atom is 0.306 e. The molecule has 1 heterocycles. The van der Waals surface area contributed by atoms with Crippen LogP contribution in [0.5, 0.6) is 0 Å². The number of carbonyl (C=O) groups excluding carboxylic acids is 1. The van der Waals surface area contributed by atoms with Gasteiger partial charge in [0.1, 0.15) is 6.10 Å². The van der Waals surface area contributed by atoms with E-state index in [2.05, 4.69) is 86.8 Å². The van der Waals surface area contributed by atoms with Gasteiger partial charge in [0.25, 0.3) is 0 Å². The van der Waals surface area contributed by atoms with Crippen LogP contribution in [-0.4, -0.2) is 40.9 Å². The van der Waals surface area contributed by atoms with Crippen LogP contribution in [0.1, 0.15) is 87.0 Å². The highest BCUT2D eigenvalue weighted by molar-refractivity contribution is 6.74. The Morgan fingerprint density at radius 2 is 1.64 bits per heavy atom. The van der Waals surface area contributed by atoms with Crippen molar-refractivity contribution < 1.29 is 18.4 Å². The molecule has 33 heavy (non-hydrogen) atoms. The van der Waals surface area contributed by atoms with Crippen LogP contribution in [-0.2, 0) is 18.4 Å². The Morgan fingerprint density at radius 3 is 2.18 bits per heavy atom. The quantitative estimate of drug-likeness (QED) is 0.134. The maximum atomic E-state index is 12.1. The van der Waals surface area contributed by atoms with Gasteiger partial charge in [0.15, 0.2) is 16.6 Å². The van der Waals surface area contributed by atoms with Crippen molar-refractivity contribution in [2.24, 2.45) is 11.8 Å². The van der Waals surface area contributed by atoms with Gasteiger partial charge in [-0.1, -0.05) is 79.9 Å². The molecule has 0 N–H and O–H groups in total. The number of carbonyl (C=O) groups is 1. The van der Waals surface area contributed by atoms with Gasteiger partial charge in [-0.15, -0.1) is 0 Å². The summed E-state index contributed by atoms with van der Waals surface area (Å²) in [5, 5.41) is 0.339. The minimum Gasteiger partial charge on any atom is -0.462 e. The molecular weight excluding hydrogens is 444 g/mol. The van der Waals surface area contributed by atoms with E-state index in [0.29, 0.717) is 6.42 Å². The Morgan fingerprint density at radius 1 is 1.03 bits per heavy atom. The van der Waals surface area contributed by atoms with E-state index in [1.807, 2.05) is 0 Å². The smallest absolute Gasteiger partial charge is 0.306 e. The van der Waals surface area contributed by atoms with E-state index in [4.69, 9.17) is 13.6 Å². The standard InChI is InChI=1S/C27H52O4Si2/c1-12-13-14-15-20(30-32(8,9)26(2,3)4)16-17-21-22-18-25(28)29-23(22)19-24(21)31-33(10,11)27(5,6)7/h16-17,20-24H,12-15,18-19H2,1-11H3/b17-16+. The minimum absolute atomic E-state index is 0.00164. The van der Waals surface area contributed by atoms with E-state index in [-0.39, 0.29) is 46.2 Å². The van der Waals surface area contributed by atoms with Crippen molar-refractivity contribution in [3.05, 3.63) is 12.2 Å². The number of fused-ring (bicyclic) bond motifs is 1. The molecule has 1 aliphatic heterocycles. The molecule has 0 bridgehead atoms. The first-order chi connectivity index (χ1) is 15.0. The van der Waals surface area contributed by atoms with Crippen molar-refractivity contribution in [3.8, 4) is 0 Å². The Kier molecular flexibility index (Phi) is 9.31. The van der Waals surface area contributed by atoms with Gasteiger partial charge in [0.2, 0.25) is 0 Å². The summed E-state index contributed by atoms with van der Waals surface area (Å²) in [5.74, 6) is 0.395. The van der Waals surface area contributed by atoms with Crippen molar-refractivity contribution in [2.45, 2.75) is 142 Å². The predicted octanol–water partition coefficient (Wildman–Crippen LogP) is 7.86. The highest BCUT2D eigenvalue weighted by Gasteiger charge is 2.52. The summed E-state index contributed by atoms with van der Waals surface area (Å²) in [5.41, 5.74) is 0. The van der Waals surface area contributed by atoms with Gasteiger partial charge < -0.3 is 13.6 Å². The zero-order chi connectivity index (χ0) is 25.2. The molecule has 0 spiro atoms. The molecule has 0 radical (unpaired) electrons. The van der Waals surface area contributed by atoms with E-state index < -0.39 is 16.6 Å². The van der Waals surface area contributed by atoms with Gasteiger partial charge in [-0.2, -0.15) is 0 Å². The van der Waals surface area contributed by atoms with Crippen molar-refractivity contribution in [1.82, 2.24) is 0 Å². The largest absolute Gasteiger partial charge is 0.462 e. The van der Waals surface area contributed by atoms with Gasteiger partial charge in [0, 0.05) is 18.3 Å². The van der Waals surface area contributed by atoms with E-state index in [0.717, 1.165) is 12.8 Å². The minimum atomic E-state index is -1.92. The molecule has 6 heteroatoms. The lowest BCUT2D eigenvalue weighted by Gasteiger charge is -2.40. The Labute approximate surface area is 206 Å². The van der Waals surface area contributed by atoms with Crippen LogP contribution in [0.4, 0.5) is 0 Å². The average Bonchev–Trinajstić information content (AvgIpc) is 3.12. The Bertz CT molecular complexity index is 687. The number of hydrogen-bond donors (Lipinski definition) is 0. The first-order valence-electron chi connectivity index (χ1n) is 13.2. The van der Waals surface area contributed by atoms with Crippen molar-refractivity contribution in [2.75, 3.05) is 0 Å². The lowest BCUT2D eigenvalue weighted by atomic mass is 9.91. The summed E-state index contributed by atoms with van der Waals surface area (Å²) in [4.78, 5) is 12.1. The van der Waals surface area contributed by atoms with Crippen LogP contribution in [0.3, 0.4) is 0 Å². The zero-order valence-electron chi connectivity index (χ0n) is 23.4. The molecule has 2 rings (SSSR count). The van der Waals surface area contributed by atoms with Crippen LogP contribution in [0.2, 0.25) is 36.3 Å². The summed E-state index contributed by atoms with van der Waals surface area (Å²) < 4.78 is 19.4. The van der Waals surface area contributed by atoms with Crippen LogP contribution in [0, 0.1) is 11.8 Å². The molecule has 1 aliphatic carbocycles. The van der Waals surface area contributed by atoms with E-state index >= 15 is 0 Å². The van der Waals surface area contributed by atoms with Crippen LogP contribution < -0.4 is 0 Å². The molecule has 192 valence electrons. The Hall–Kier alpha value is -0.436. The molecule has 2 aliphatic rings. The van der Waals surface area contributed by atoms with Crippen LogP contribution in [0.25, 0.3) is 0 Å². The maximum absolute atomic E-state index is 12.1. The van der Waals surface area contributed by atoms with Gasteiger partial charge >= 0.3 is 5.97 Å². The van der Waals surface area contributed by atoms with Gasteiger partial charge in [-0.3, -0.25) is 4.79 Å². The number of unbranched alkanes of at least 4 members (excludes halogenated alkanes) is 2. The summed E-state index contributed by atoms with van der Waals surface area (Å²) in [6.07, 6.45) is 10.9. The highest BCUT2D eigenvalue weighted by Crippen LogP contribution is 2.47. The molecule has 0 aromatic carbocycles. The molecule has 5 atom stereocenters. The molecule has 1 saturated carbocycles. The lowest BCUT2D eigenvalue weighted by Crippen LogP contribution is -2.45. The number of esters is 1. The summed E-state index contributed by atoms with van der Waals surface area (Å²) in [6, 6.07) is 0. The first-order valence-corrected chi connectivity index (χ1v) is 19.0. The normalized spacial score (nSPS) is 27.8. The second kappa shape index (κ2) is 10.7. The van der Waals surface area contributed by atoms with Gasteiger partial charge in [0.05, 0.1) is 18.6 Å². The van der Waals surface area contributed by atoms with E-state index in [9.17, 15) is 4.79 Å². The first kappa shape index (κ1) is 28.8. The number of hydrogen-bond acceptors (Lipinski definition) is 4. The van der Waals surface area contributed by atoms with Crippen LogP contribution >= 0.6 is 0 Å². The number of ether oxygens (including phenoxy) is 1. The van der Waals surface area contributed by atoms with Crippen LogP contribution in [0.15, 0.2) is 12.2 Å². The van der Waals surface area contributed by atoms with Gasteiger partial charge in [-0.25, -0.2) is 0 Å². The zero-order valence-corrected chi connectivity index (χ0v) is 25.4. The fourth-order valence-corrected chi connectivity index (χ4v) is 7.11. The molecule has 0 aromatic rings. The molecule has 2 fully saturated rings. The van der Waals surface area contributed by atoms with Crippen molar-refractivity contribution >= 4 is 22.6 Å². The lowest BCUT2D eigenvalue weighted by molar-refractivity contribution is -0.141. The molecule has 1 saturated heterocycles. The summed E-state index contributed by atoms with van der Waals surface area (Å²) in [6.45, 7) is 25.3. The molecule has 4 nitrogen and oxygen atoms in total. The third-order valence-corrected chi connectivity index (χ3v) is 17.7. The summed E-state index contributed by atoms with van der Waals surface area (Å²) >= 11 is 0. The highest BCUT2D eigenvalue weighted by atomic mass is 28.4. The number of rotatable bonds is 10. The molecule has 0 amide bonds. The predicted molar refractivity (Wildman–Crippen MR) is 144 cm³/mol. The topological polar surface area (TPSA) is 44.8 Å². The van der Waals surface area contributed by atoms with Crippen molar-refractivity contribution in [3.63, 3.8) is 0 Å². The second-order valence-corrected chi connectivity index (χ2v) is 22.9. The van der Waals surface area contributed by atoms with Crippen molar-refractivity contribution in [1.29, 1.82) is 0 Å².